The Labute approximate surface area is 127 Å². The van der Waals surface area contributed by atoms with Crippen molar-refractivity contribution in [3.63, 3.8) is 0 Å². The maximum Gasteiger partial charge on any atom is 0.119 e. The topological polar surface area (TPSA) is 35.2 Å². The van der Waals surface area contributed by atoms with Gasteiger partial charge in [0.15, 0.2) is 0 Å². The molecule has 0 fully saturated rings. The van der Waals surface area contributed by atoms with E-state index in [2.05, 4.69) is 56.3 Å². The minimum absolute atomic E-state index is 0.354. The van der Waals surface area contributed by atoms with Crippen LogP contribution in [0.15, 0.2) is 48.5 Å². The van der Waals surface area contributed by atoms with E-state index in [1.54, 1.807) is 0 Å². The van der Waals surface area contributed by atoms with E-state index in [4.69, 9.17) is 10.5 Å². The molecule has 0 aliphatic rings. The van der Waals surface area contributed by atoms with Gasteiger partial charge in [-0.1, -0.05) is 48.9 Å². The van der Waals surface area contributed by atoms with E-state index in [0.717, 1.165) is 25.2 Å². The highest BCUT2D eigenvalue weighted by Gasteiger charge is 2.11. The molecule has 0 saturated heterocycles. The minimum atomic E-state index is 0.354. The summed E-state index contributed by atoms with van der Waals surface area (Å²) in [6, 6.07) is 17.0. The quantitative estimate of drug-likeness (QED) is 0.831. The van der Waals surface area contributed by atoms with Gasteiger partial charge < -0.3 is 10.5 Å². The third-order valence-electron chi connectivity index (χ3n) is 3.69. The van der Waals surface area contributed by atoms with E-state index < -0.39 is 0 Å². The average molecular weight is 283 g/mol. The van der Waals surface area contributed by atoms with Gasteiger partial charge in [-0.05, 0) is 49.6 Å². The number of hydrogen-bond donors (Lipinski definition) is 1. The Morgan fingerprint density at radius 3 is 2.52 bits per heavy atom. The number of nitrogens with two attached hydrogens (primary N) is 1. The van der Waals surface area contributed by atoms with Crippen LogP contribution in [0.4, 0.5) is 0 Å². The maximum atomic E-state index is 5.98. The van der Waals surface area contributed by atoms with Gasteiger partial charge in [0.2, 0.25) is 0 Å². The van der Waals surface area contributed by atoms with E-state index in [-0.39, 0.29) is 0 Å². The molecule has 0 bridgehead atoms. The second kappa shape index (κ2) is 7.84. The monoisotopic (exact) mass is 283 g/mol. The lowest BCUT2D eigenvalue weighted by Gasteiger charge is -2.16. The van der Waals surface area contributed by atoms with Gasteiger partial charge in [0.05, 0.1) is 6.61 Å². The SMILES string of the molecule is CCCOc1cccc(CC(CN)c2ccc(C)cc2)c1. The second-order valence-corrected chi connectivity index (χ2v) is 5.54. The summed E-state index contributed by atoms with van der Waals surface area (Å²) in [5.74, 6) is 1.31. The molecule has 2 rings (SSSR count). The fourth-order valence-corrected chi connectivity index (χ4v) is 2.44. The molecule has 1 unspecified atom stereocenters. The number of rotatable bonds is 7. The number of hydrogen-bond acceptors (Lipinski definition) is 2. The van der Waals surface area contributed by atoms with Crippen LogP contribution in [0.2, 0.25) is 0 Å². The maximum absolute atomic E-state index is 5.98. The van der Waals surface area contributed by atoms with E-state index >= 15 is 0 Å². The lowest BCUT2D eigenvalue weighted by atomic mass is 9.91. The Bertz CT molecular complexity index is 548. The van der Waals surface area contributed by atoms with Crippen molar-refractivity contribution >= 4 is 0 Å². The number of benzene rings is 2. The van der Waals surface area contributed by atoms with Crippen LogP contribution in [-0.2, 0) is 6.42 Å². The molecule has 1 atom stereocenters. The summed E-state index contributed by atoms with van der Waals surface area (Å²) >= 11 is 0. The van der Waals surface area contributed by atoms with Gasteiger partial charge in [-0.25, -0.2) is 0 Å². The van der Waals surface area contributed by atoms with Crippen LogP contribution in [0, 0.1) is 6.92 Å². The molecule has 2 N–H and O–H groups in total. The molecule has 2 aromatic rings. The molecular formula is C19H25NO. The molecule has 0 saturated carbocycles. The lowest BCUT2D eigenvalue weighted by Crippen LogP contribution is -2.15. The summed E-state index contributed by atoms with van der Waals surface area (Å²) in [5.41, 5.74) is 9.85. The molecular weight excluding hydrogens is 258 g/mol. The van der Waals surface area contributed by atoms with Gasteiger partial charge in [0.25, 0.3) is 0 Å². The predicted molar refractivity (Wildman–Crippen MR) is 88.9 cm³/mol. The Morgan fingerprint density at radius 2 is 1.86 bits per heavy atom. The summed E-state index contributed by atoms with van der Waals surface area (Å²) in [7, 11) is 0. The first-order valence-electron chi connectivity index (χ1n) is 7.71. The van der Waals surface area contributed by atoms with Crippen molar-refractivity contribution in [1.82, 2.24) is 0 Å². The summed E-state index contributed by atoms with van der Waals surface area (Å²) in [4.78, 5) is 0. The Kier molecular flexibility index (Phi) is 5.82. The normalized spacial score (nSPS) is 12.1. The number of ether oxygens (including phenoxy) is 1. The molecule has 0 aliphatic carbocycles. The van der Waals surface area contributed by atoms with Crippen LogP contribution in [-0.4, -0.2) is 13.2 Å². The van der Waals surface area contributed by atoms with Crippen LogP contribution in [0.3, 0.4) is 0 Å². The van der Waals surface area contributed by atoms with Gasteiger partial charge in [0, 0.05) is 5.92 Å². The smallest absolute Gasteiger partial charge is 0.119 e. The molecule has 0 radical (unpaired) electrons. The zero-order valence-electron chi connectivity index (χ0n) is 13.0. The van der Waals surface area contributed by atoms with E-state index in [1.165, 1.54) is 16.7 Å². The second-order valence-electron chi connectivity index (χ2n) is 5.54. The highest BCUT2D eigenvalue weighted by molar-refractivity contribution is 5.32. The standard InChI is InChI=1S/C19H25NO/c1-3-11-21-19-6-4-5-16(13-19)12-18(14-20)17-9-7-15(2)8-10-17/h4-10,13,18H,3,11-12,14,20H2,1-2H3. The van der Waals surface area contributed by atoms with Crippen LogP contribution in [0.5, 0.6) is 5.75 Å². The van der Waals surface area contributed by atoms with E-state index in [0.29, 0.717) is 12.5 Å². The molecule has 2 heteroatoms. The van der Waals surface area contributed by atoms with Gasteiger partial charge >= 0.3 is 0 Å². The summed E-state index contributed by atoms with van der Waals surface area (Å²) in [6.07, 6.45) is 1.97. The first kappa shape index (κ1) is 15.6. The van der Waals surface area contributed by atoms with Gasteiger partial charge in [-0.15, -0.1) is 0 Å². The third kappa shape index (κ3) is 4.61. The molecule has 2 aromatic carbocycles. The van der Waals surface area contributed by atoms with Crippen molar-refractivity contribution in [2.45, 2.75) is 32.6 Å². The molecule has 0 heterocycles. The van der Waals surface area contributed by atoms with Crippen LogP contribution in [0.1, 0.15) is 36.0 Å². The average Bonchev–Trinajstić information content (AvgIpc) is 2.52. The third-order valence-corrected chi connectivity index (χ3v) is 3.69. The predicted octanol–water partition coefficient (Wildman–Crippen LogP) is 4.07. The van der Waals surface area contributed by atoms with Crippen LogP contribution in [0.25, 0.3) is 0 Å². The highest BCUT2D eigenvalue weighted by atomic mass is 16.5. The molecule has 0 aliphatic heterocycles. The van der Waals surface area contributed by atoms with Gasteiger partial charge in [0.1, 0.15) is 5.75 Å². The molecule has 2 nitrogen and oxygen atoms in total. The molecule has 112 valence electrons. The highest BCUT2D eigenvalue weighted by Crippen LogP contribution is 2.23. The first-order chi connectivity index (χ1) is 10.2. The summed E-state index contributed by atoms with van der Waals surface area (Å²) in [6.45, 7) is 5.65. The molecule has 0 aromatic heterocycles. The van der Waals surface area contributed by atoms with Crippen molar-refractivity contribution in [1.29, 1.82) is 0 Å². The molecule has 21 heavy (non-hydrogen) atoms. The number of aryl methyl sites for hydroxylation is 1. The zero-order chi connectivity index (χ0) is 15.1. The van der Waals surface area contributed by atoms with E-state index in [9.17, 15) is 0 Å². The van der Waals surface area contributed by atoms with Crippen LogP contribution >= 0.6 is 0 Å². The largest absolute Gasteiger partial charge is 0.494 e. The summed E-state index contributed by atoms with van der Waals surface area (Å²) < 4.78 is 5.70. The molecule has 0 spiro atoms. The van der Waals surface area contributed by atoms with Crippen molar-refractivity contribution in [2.24, 2.45) is 5.73 Å². The zero-order valence-corrected chi connectivity index (χ0v) is 13.0. The van der Waals surface area contributed by atoms with Crippen molar-refractivity contribution in [3.05, 3.63) is 65.2 Å². The van der Waals surface area contributed by atoms with Crippen LogP contribution < -0.4 is 10.5 Å². The van der Waals surface area contributed by atoms with E-state index in [1.807, 2.05) is 6.07 Å². The van der Waals surface area contributed by atoms with Crippen molar-refractivity contribution in [2.75, 3.05) is 13.2 Å². The van der Waals surface area contributed by atoms with Crippen molar-refractivity contribution in [3.8, 4) is 5.75 Å². The Morgan fingerprint density at radius 1 is 1.10 bits per heavy atom. The molecule has 0 amide bonds. The Hall–Kier alpha value is -1.80. The first-order valence-corrected chi connectivity index (χ1v) is 7.71. The Balaban J connectivity index is 2.09. The minimum Gasteiger partial charge on any atom is -0.494 e. The van der Waals surface area contributed by atoms with Crippen molar-refractivity contribution < 1.29 is 4.74 Å². The van der Waals surface area contributed by atoms with Gasteiger partial charge in [-0.2, -0.15) is 0 Å². The summed E-state index contributed by atoms with van der Waals surface area (Å²) in [5, 5.41) is 0. The van der Waals surface area contributed by atoms with Gasteiger partial charge in [-0.3, -0.25) is 0 Å². The lowest BCUT2D eigenvalue weighted by molar-refractivity contribution is 0.317. The fraction of sp³-hybridized carbons (Fsp3) is 0.368. The fourth-order valence-electron chi connectivity index (χ4n) is 2.44.